The minimum absolute atomic E-state index is 0.581. The third kappa shape index (κ3) is 2.78. The van der Waals surface area contributed by atoms with Crippen LogP contribution in [0.3, 0.4) is 0 Å². The van der Waals surface area contributed by atoms with Gasteiger partial charge in [0.25, 0.3) is 0 Å². The highest BCUT2D eigenvalue weighted by atomic mass is 35.5. The van der Waals surface area contributed by atoms with Crippen molar-refractivity contribution in [3.63, 3.8) is 0 Å². The maximum Gasteiger partial charge on any atom is 0.0992 e. The van der Waals surface area contributed by atoms with Crippen LogP contribution in [0.4, 0.5) is 5.69 Å². The molecule has 104 valence electrons. The first kappa shape index (κ1) is 14.4. The second kappa shape index (κ2) is 5.98. The van der Waals surface area contributed by atoms with E-state index in [1.807, 2.05) is 39.1 Å². The van der Waals surface area contributed by atoms with Gasteiger partial charge in [0.1, 0.15) is 0 Å². The molecule has 0 aliphatic rings. The molecule has 5 heteroatoms. The van der Waals surface area contributed by atoms with E-state index in [9.17, 15) is 0 Å². The van der Waals surface area contributed by atoms with Crippen molar-refractivity contribution in [1.82, 2.24) is 9.78 Å². The monoisotopic (exact) mass is 288 g/mol. The molecule has 2 aromatic rings. The molecule has 0 radical (unpaired) electrons. The van der Waals surface area contributed by atoms with Crippen molar-refractivity contribution in [1.29, 1.82) is 5.26 Å². The van der Waals surface area contributed by atoms with Gasteiger partial charge in [-0.25, -0.2) is 0 Å². The third-order valence-corrected chi connectivity index (χ3v) is 3.75. The van der Waals surface area contributed by atoms with Crippen molar-refractivity contribution in [2.45, 2.75) is 26.8 Å². The Labute approximate surface area is 124 Å². The molecule has 0 spiro atoms. The number of benzene rings is 1. The number of rotatable bonds is 4. The highest BCUT2D eigenvalue weighted by Gasteiger charge is 2.12. The van der Waals surface area contributed by atoms with Crippen molar-refractivity contribution < 1.29 is 0 Å². The molecule has 0 saturated heterocycles. The first-order valence-corrected chi connectivity index (χ1v) is 6.89. The molecular formula is C15H17ClN4. The minimum atomic E-state index is 0.581. The van der Waals surface area contributed by atoms with Crippen LogP contribution >= 0.6 is 11.6 Å². The summed E-state index contributed by atoms with van der Waals surface area (Å²) in [7, 11) is 1.89. The van der Waals surface area contributed by atoms with Crippen LogP contribution in [0.25, 0.3) is 0 Å². The zero-order valence-electron chi connectivity index (χ0n) is 11.9. The zero-order chi connectivity index (χ0) is 14.7. The van der Waals surface area contributed by atoms with E-state index in [1.54, 1.807) is 4.68 Å². The molecule has 2 rings (SSSR count). The van der Waals surface area contributed by atoms with Crippen LogP contribution < -0.4 is 5.32 Å². The molecule has 4 nitrogen and oxygen atoms in total. The Balaban J connectivity index is 2.21. The fourth-order valence-electron chi connectivity index (χ4n) is 2.07. The minimum Gasteiger partial charge on any atom is -0.379 e. The number of aryl methyl sites for hydroxylation is 3. The van der Waals surface area contributed by atoms with Gasteiger partial charge in [-0.15, -0.1) is 0 Å². The molecule has 1 aromatic carbocycles. The van der Waals surface area contributed by atoms with Gasteiger partial charge >= 0.3 is 0 Å². The second-order valence-corrected chi connectivity index (χ2v) is 5.06. The van der Waals surface area contributed by atoms with Crippen molar-refractivity contribution in [3.05, 3.63) is 45.7 Å². The number of nitrogens with zero attached hydrogens (tertiary/aromatic N) is 3. The largest absolute Gasteiger partial charge is 0.379 e. The number of hydrogen-bond donors (Lipinski definition) is 1. The summed E-state index contributed by atoms with van der Waals surface area (Å²) < 4.78 is 1.80. The summed E-state index contributed by atoms with van der Waals surface area (Å²) in [4.78, 5) is 0. The van der Waals surface area contributed by atoms with Crippen LogP contribution in [0.1, 0.15) is 29.4 Å². The molecule has 0 aliphatic carbocycles. The van der Waals surface area contributed by atoms with Gasteiger partial charge in [-0.1, -0.05) is 24.6 Å². The van der Waals surface area contributed by atoms with Crippen molar-refractivity contribution >= 4 is 17.3 Å². The van der Waals surface area contributed by atoms with Crippen LogP contribution in [0.2, 0.25) is 5.02 Å². The Kier molecular flexibility index (Phi) is 4.31. The Hall–Kier alpha value is -1.99. The van der Waals surface area contributed by atoms with Gasteiger partial charge in [-0.3, -0.25) is 4.68 Å². The fourth-order valence-corrected chi connectivity index (χ4v) is 2.43. The van der Waals surface area contributed by atoms with Crippen LogP contribution in [0, 0.1) is 18.3 Å². The number of aromatic nitrogens is 2. The first-order chi connectivity index (χ1) is 9.56. The second-order valence-electron chi connectivity index (χ2n) is 4.68. The molecule has 1 heterocycles. The molecule has 0 amide bonds. The maximum absolute atomic E-state index is 8.95. The van der Waals surface area contributed by atoms with E-state index in [4.69, 9.17) is 16.9 Å². The lowest BCUT2D eigenvalue weighted by molar-refractivity contribution is 0.707. The molecular weight excluding hydrogens is 272 g/mol. The topological polar surface area (TPSA) is 53.6 Å². The number of halogens is 1. The molecule has 0 saturated carbocycles. The van der Waals surface area contributed by atoms with Gasteiger partial charge in [0.05, 0.1) is 34.6 Å². The Morgan fingerprint density at radius 3 is 2.80 bits per heavy atom. The summed E-state index contributed by atoms with van der Waals surface area (Å²) in [5.41, 5.74) is 4.54. The summed E-state index contributed by atoms with van der Waals surface area (Å²) in [6, 6.07) is 7.74. The maximum atomic E-state index is 8.95. The predicted molar refractivity (Wildman–Crippen MR) is 80.8 cm³/mol. The standard InChI is InChI=1S/C15H17ClN4/c1-4-12-15(16)14(20(3)19-12)9-18-13-7-11(8-17)6-5-10(13)2/h5-7,18H,4,9H2,1-3H3. The Morgan fingerprint density at radius 1 is 1.45 bits per heavy atom. The van der Waals surface area contributed by atoms with Crippen LogP contribution in [0.15, 0.2) is 18.2 Å². The van der Waals surface area contributed by atoms with Crippen LogP contribution in [0.5, 0.6) is 0 Å². The average Bonchev–Trinajstić information content (AvgIpc) is 2.73. The lowest BCUT2D eigenvalue weighted by atomic mass is 10.1. The summed E-state index contributed by atoms with van der Waals surface area (Å²) in [5, 5.41) is 17.4. The van der Waals surface area contributed by atoms with Crippen LogP contribution in [-0.2, 0) is 20.0 Å². The predicted octanol–water partition coefficient (Wildman–Crippen LogP) is 3.43. The SMILES string of the molecule is CCc1nn(C)c(CNc2cc(C#N)ccc2C)c1Cl. The van der Waals surface area contributed by atoms with E-state index >= 15 is 0 Å². The average molecular weight is 289 g/mol. The Bertz CT molecular complexity index is 667. The Morgan fingerprint density at radius 2 is 2.20 bits per heavy atom. The van der Waals surface area contributed by atoms with E-state index in [0.717, 1.165) is 34.1 Å². The van der Waals surface area contributed by atoms with Gasteiger partial charge in [0.2, 0.25) is 0 Å². The zero-order valence-corrected chi connectivity index (χ0v) is 12.6. The van der Waals surface area contributed by atoms with E-state index in [-0.39, 0.29) is 0 Å². The fraction of sp³-hybridized carbons (Fsp3) is 0.333. The third-order valence-electron chi connectivity index (χ3n) is 3.32. The molecule has 20 heavy (non-hydrogen) atoms. The van der Waals surface area contributed by atoms with Gasteiger partial charge in [-0.05, 0) is 31.0 Å². The summed E-state index contributed by atoms with van der Waals surface area (Å²) in [6.07, 6.45) is 0.815. The molecule has 0 atom stereocenters. The molecule has 0 bridgehead atoms. The van der Waals surface area contributed by atoms with E-state index in [1.165, 1.54) is 0 Å². The highest BCUT2D eigenvalue weighted by molar-refractivity contribution is 6.31. The van der Waals surface area contributed by atoms with E-state index in [0.29, 0.717) is 12.1 Å². The number of hydrogen-bond acceptors (Lipinski definition) is 3. The lowest BCUT2D eigenvalue weighted by Crippen LogP contribution is -2.07. The van der Waals surface area contributed by atoms with Crippen molar-refractivity contribution in [2.24, 2.45) is 7.05 Å². The molecule has 1 aromatic heterocycles. The van der Waals surface area contributed by atoms with Crippen molar-refractivity contribution in [3.8, 4) is 6.07 Å². The lowest BCUT2D eigenvalue weighted by Gasteiger charge is -2.10. The number of nitrogens with one attached hydrogen (secondary N) is 1. The molecule has 0 fully saturated rings. The first-order valence-electron chi connectivity index (χ1n) is 6.51. The number of nitriles is 1. The summed E-state index contributed by atoms with van der Waals surface area (Å²) >= 11 is 6.32. The number of anilines is 1. The summed E-state index contributed by atoms with van der Waals surface area (Å²) in [6.45, 7) is 4.62. The molecule has 0 aliphatic heterocycles. The normalized spacial score (nSPS) is 10.3. The van der Waals surface area contributed by atoms with Gasteiger partial charge < -0.3 is 5.32 Å². The van der Waals surface area contributed by atoms with Crippen LogP contribution in [-0.4, -0.2) is 9.78 Å². The summed E-state index contributed by atoms with van der Waals surface area (Å²) in [5.74, 6) is 0. The quantitative estimate of drug-likeness (QED) is 0.938. The highest BCUT2D eigenvalue weighted by Crippen LogP contribution is 2.23. The van der Waals surface area contributed by atoms with Gasteiger partial charge in [0, 0.05) is 12.7 Å². The van der Waals surface area contributed by atoms with E-state index < -0.39 is 0 Å². The smallest absolute Gasteiger partial charge is 0.0992 e. The van der Waals surface area contributed by atoms with Crippen molar-refractivity contribution in [2.75, 3.05) is 5.32 Å². The molecule has 1 N–H and O–H groups in total. The van der Waals surface area contributed by atoms with Gasteiger partial charge in [-0.2, -0.15) is 10.4 Å². The van der Waals surface area contributed by atoms with Gasteiger partial charge in [0.15, 0.2) is 0 Å². The van der Waals surface area contributed by atoms with E-state index in [2.05, 4.69) is 16.5 Å². The molecule has 0 unspecified atom stereocenters.